The minimum atomic E-state index is 0.516. The van der Waals surface area contributed by atoms with Gasteiger partial charge in [0.2, 0.25) is 0 Å². The molecule has 0 spiro atoms. The molecule has 1 fully saturated rings. The van der Waals surface area contributed by atoms with Crippen molar-refractivity contribution in [3.63, 3.8) is 0 Å². The first-order valence-corrected chi connectivity index (χ1v) is 8.69. The van der Waals surface area contributed by atoms with E-state index < -0.39 is 0 Å². The lowest BCUT2D eigenvalue weighted by atomic mass is 9.81. The summed E-state index contributed by atoms with van der Waals surface area (Å²) in [6.45, 7) is 5.85. The average Bonchev–Trinajstić information content (AvgIpc) is 2.76. The third kappa shape index (κ3) is 4.47. The number of benzene rings is 1. The van der Waals surface area contributed by atoms with E-state index in [9.17, 15) is 0 Å². The van der Waals surface area contributed by atoms with Crippen molar-refractivity contribution in [1.82, 2.24) is 0 Å². The third-order valence-corrected chi connectivity index (χ3v) is 4.81. The molecule has 0 aliphatic heterocycles. The van der Waals surface area contributed by atoms with Crippen molar-refractivity contribution in [3.05, 3.63) is 29.3 Å². The number of rotatable bonds is 6. The highest BCUT2D eigenvalue weighted by atomic mass is 16.5. The van der Waals surface area contributed by atoms with Crippen LogP contribution in [0.15, 0.2) is 18.2 Å². The van der Waals surface area contributed by atoms with Gasteiger partial charge in [0.1, 0.15) is 5.75 Å². The lowest BCUT2D eigenvalue weighted by Gasteiger charge is -2.26. The second kappa shape index (κ2) is 8.43. The van der Waals surface area contributed by atoms with Crippen molar-refractivity contribution >= 4 is 0 Å². The van der Waals surface area contributed by atoms with Gasteiger partial charge in [-0.3, -0.25) is 0 Å². The molecule has 1 atom stereocenters. The van der Waals surface area contributed by atoms with Crippen LogP contribution in [-0.2, 0) is 0 Å². The van der Waals surface area contributed by atoms with Crippen molar-refractivity contribution < 1.29 is 4.74 Å². The summed E-state index contributed by atoms with van der Waals surface area (Å²) in [7, 11) is 0. The summed E-state index contributed by atoms with van der Waals surface area (Å²) in [4.78, 5) is 0. The molecule has 1 aliphatic rings. The first kappa shape index (κ1) is 16.4. The maximum absolute atomic E-state index is 6.12. The lowest BCUT2D eigenvalue weighted by Crippen LogP contribution is -2.21. The summed E-state index contributed by atoms with van der Waals surface area (Å²) in [5.74, 6) is 2.30. The minimum Gasteiger partial charge on any atom is -0.493 e. The normalized spacial score (nSPS) is 18.2. The van der Waals surface area contributed by atoms with E-state index >= 15 is 0 Å². The molecular weight excluding hydrogens is 258 g/mol. The van der Waals surface area contributed by atoms with E-state index in [-0.39, 0.29) is 0 Å². The molecule has 0 heterocycles. The summed E-state index contributed by atoms with van der Waals surface area (Å²) in [5.41, 5.74) is 8.78. The Hall–Kier alpha value is -1.02. The molecule has 2 N–H and O–H groups in total. The van der Waals surface area contributed by atoms with Gasteiger partial charge in [0.25, 0.3) is 0 Å². The van der Waals surface area contributed by atoms with Crippen LogP contribution in [0.4, 0.5) is 0 Å². The second-order valence-corrected chi connectivity index (χ2v) is 6.47. The smallest absolute Gasteiger partial charge is 0.122 e. The van der Waals surface area contributed by atoms with E-state index in [2.05, 4.69) is 32.0 Å². The van der Waals surface area contributed by atoms with E-state index in [0.29, 0.717) is 5.92 Å². The van der Waals surface area contributed by atoms with Gasteiger partial charge in [-0.1, -0.05) is 44.7 Å². The highest BCUT2D eigenvalue weighted by molar-refractivity contribution is 5.38. The lowest BCUT2D eigenvalue weighted by molar-refractivity contribution is 0.315. The molecule has 0 saturated heterocycles. The summed E-state index contributed by atoms with van der Waals surface area (Å²) >= 11 is 0. The first-order valence-electron chi connectivity index (χ1n) is 8.69. The van der Waals surface area contributed by atoms with Crippen molar-refractivity contribution in [3.8, 4) is 5.75 Å². The van der Waals surface area contributed by atoms with Gasteiger partial charge in [0, 0.05) is 0 Å². The quantitative estimate of drug-likeness (QED) is 0.764. The Bertz CT molecular complexity index is 422. The topological polar surface area (TPSA) is 35.2 Å². The van der Waals surface area contributed by atoms with Crippen LogP contribution in [0.3, 0.4) is 0 Å². The van der Waals surface area contributed by atoms with Crippen molar-refractivity contribution in [1.29, 1.82) is 0 Å². The molecular formula is C19H31NO. The molecule has 2 nitrogen and oxygen atoms in total. The van der Waals surface area contributed by atoms with Crippen LogP contribution in [0.25, 0.3) is 0 Å². The largest absolute Gasteiger partial charge is 0.493 e. The molecule has 0 amide bonds. The summed E-state index contributed by atoms with van der Waals surface area (Å²) in [6, 6.07) is 6.67. The van der Waals surface area contributed by atoms with Crippen LogP contribution in [-0.4, -0.2) is 13.2 Å². The molecule has 0 bridgehead atoms. The Morgan fingerprint density at radius 3 is 2.48 bits per heavy atom. The van der Waals surface area contributed by atoms with Gasteiger partial charge in [0.05, 0.1) is 6.61 Å². The Labute approximate surface area is 130 Å². The molecule has 1 saturated carbocycles. The zero-order valence-corrected chi connectivity index (χ0v) is 13.7. The number of nitrogens with two attached hydrogens (primary N) is 1. The number of hydrogen-bond acceptors (Lipinski definition) is 2. The summed E-state index contributed by atoms with van der Waals surface area (Å²) in [6.07, 6.45) is 9.28. The van der Waals surface area contributed by atoms with Gasteiger partial charge < -0.3 is 10.5 Å². The molecule has 1 aromatic carbocycles. The fraction of sp³-hybridized carbons (Fsp3) is 0.684. The summed E-state index contributed by atoms with van der Waals surface area (Å²) < 4.78 is 5.79. The van der Waals surface area contributed by atoms with Gasteiger partial charge >= 0.3 is 0 Å². The molecule has 118 valence electrons. The third-order valence-electron chi connectivity index (χ3n) is 4.81. The SMILES string of the molecule is CCCOc1ccc(C(CN)C2CCCCCC2)cc1C. The minimum absolute atomic E-state index is 0.516. The average molecular weight is 289 g/mol. The highest BCUT2D eigenvalue weighted by Gasteiger charge is 2.23. The predicted octanol–water partition coefficient (Wildman–Crippen LogP) is 4.80. The van der Waals surface area contributed by atoms with Crippen molar-refractivity contribution in [2.75, 3.05) is 13.2 Å². The Kier molecular flexibility index (Phi) is 6.56. The fourth-order valence-electron chi connectivity index (χ4n) is 3.59. The van der Waals surface area contributed by atoms with Crippen molar-refractivity contribution in [2.24, 2.45) is 11.7 Å². The van der Waals surface area contributed by atoms with Gasteiger partial charge in [0.15, 0.2) is 0 Å². The molecule has 0 aromatic heterocycles. The maximum Gasteiger partial charge on any atom is 0.122 e. The molecule has 1 unspecified atom stereocenters. The zero-order valence-electron chi connectivity index (χ0n) is 13.7. The van der Waals surface area contributed by atoms with Crippen LogP contribution in [0.1, 0.15) is 68.9 Å². The van der Waals surface area contributed by atoms with E-state index in [0.717, 1.165) is 31.2 Å². The van der Waals surface area contributed by atoms with Crippen LogP contribution in [0, 0.1) is 12.8 Å². The number of ether oxygens (including phenoxy) is 1. The standard InChI is InChI=1S/C19H31NO/c1-3-12-21-19-11-10-17(13-15(19)2)18(14-20)16-8-6-4-5-7-9-16/h10-11,13,16,18H,3-9,12,14,20H2,1-2H3. The van der Waals surface area contributed by atoms with E-state index in [4.69, 9.17) is 10.5 Å². The molecule has 2 heteroatoms. The highest BCUT2D eigenvalue weighted by Crippen LogP contribution is 2.36. The molecule has 21 heavy (non-hydrogen) atoms. The second-order valence-electron chi connectivity index (χ2n) is 6.47. The van der Waals surface area contributed by atoms with Crippen LogP contribution >= 0.6 is 0 Å². The van der Waals surface area contributed by atoms with E-state index in [1.807, 2.05) is 0 Å². The number of aryl methyl sites for hydroxylation is 1. The number of hydrogen-bond donors (Lipinski definition) is 1. The van der Waals surface area contributed by atoms with Crippen LogP contribution < -0.4 is 10.5 Å². The van der Waals surface area contributed by atoms with Gasteiger partial charge in [-0.25, -0.2) is 0 Å². The Morgan fingerprint density at radius 1 is 1.19 bits per heavy atom. The van der Waals surface area contributed by atoms with E-state index in [1.54, 1.807) is 0 Å². The first-order chi connectivity index (χ1) is 10.3. The fourth-order valence-corrected chi connectivity index (χ4v) is 3.59. The summed E-state index contributed by atoms with van der Waals surface area (Å²) in [5, 5.41) is 0. The van der Waals surface area contributed by atoms with Gasteiger partial charge in [-0.2, -0.15) is 0 Å². The Morgan fingerprint density at radius 2 is 1.90 bits per heavy atom. The predicted molar refractivity (Wildman–Crippen MR) is 90.0 cm³/mol. The van der Waals surface area contributed by atoms with Gasteiger partial charge in [-0.15, -0.1) is 0 Å². The van der Waals surface area contributed by atoms with Crippen LogP contribution in [0.5, 0.6) is 5.75 Å². The Balaban J connectivity index is 2.11. The monoisotopic (exact) mass is 289 g/mol. The maximum atomic E-state index is 6.12. The molecule has 2 rings (SSSR count). The molecule has 1 aliphatic carbocycles. The molecule has 0 radical (unpaired) electrons. The van der Waals surface area contributed by atoms with Crippen molar-refractivity contribution in [2.45, 2.75) is 64.7 Å². The van der Waals surface area contributed by atoms with Gasteiger partial charge in [-0.05, 0) is 61.8 Å². The van der Waals surface area contributed by atoms with E-state index in [1.165, 1.54) is 49.7 Å². The molecule has 1 aromatic rings. The van der Waals surface area contributed by atoms with Crippen LogP contribution in [0.2, 0.25) is 0 Å². The zero-order chi connectivity index (χ0) is 15.1.